The first-order chi connectivity index (χ1) is 7.40. The maximum Gasteiger partial charge on any atom is 0.128 e. The predicted octanol–water partition coefficient (Wildman–Crippen LogP) is 2.29. The molecule has 16 heavy (non-hydrogen) atoms. The van der Waals surface area contributed by atoms with E-state index in [-0.39, 0.29) is 18.0 Å². The average Bonchev–Trinajstić information content (AvgIpc) is 2.12. The number of nitrogens with one attached hydrogen (secondary N) is 1. The summed E-state index contributed by atoms with van der Waals surface area (Å²) in [6.07, 6.45) is 0.251. The minimum absolute atomic E-state index is 0.0900. The van der Waals surface area contributed by atoms with Crippen molar-refractivity contribution in [2.24, 2.45) is 0 Å². The Kier molecular flexibility index (Phi) is 4.12. The predicted molar refractivity (Wildman–Crippen MR) is 64.9 cm³/mol. The summed E-state index contributed by atoms with van der Waals surface area (Å²) >= 11 is 0. The molecule has 90 valence electrons. The van der Waals surface area contributed by atoms with Crippen molar-refractivity contribution in [1.82, 2.24) is 0 Å². The van der Waals surface area contributed by atoms with Gasteiger partial charge in [-0.25, -0.2) is 4.39 Å². The molecule has 0 aliphatic heterocycles. The zero-order valence-electron chi connectivity index (χ0n) is 9.92. The molecule has 1 aromatic rings. The van der Waals surface area contributed by atoms with Gasteiger partial charge in [0.15, 0.2) is 0 Å². The molecule has 0 fully saturated rings. The Morgan fingerprint density at radius 2 is 2.06 bits per heavy atom. The molecule has 0 saturated carbocycles. The Morgan fingerprint density at radius 1 is 1.44 bits per heavy atom. The van der Waals surface area contributed by atoms with Gasteiger partial charge in [-0.15, -0.1) is 0 Å². The first-order valence-electron chi connectivity index (χ1n) is 5.40. The number of aliphatic hydroxyl groups excluding tert-OH is 1. The Bertz CT molecular complexity index is 366. The summed E-state index contributed by atoms with van der Waals surface area (Å²) < 4.78 is 13.2. The SMILES string of the molecule is Cc1cc(NC(C)CC(C)O)c(N)cc1F. The van der Waals surface area contributed by atoms with Crippen LogP contribution in [0.1, 0.15) is 25.8 Å². The zero-order valence-corrected chi connectivity index (χ0v) is 9.92. The summed E-state index contributed by atoms with van der Waals surface area (Å²) in [6.45, 7) is 5.38. The molecule has 0 saturated heterocycles. The monoisotopic (exact) mass is 226 g/mol. The molecule has 0 spiro atoms. The lowest BCUT2D eigenvalue weighted by molar-refractivity contribution is 0.179. The van der Waals surface area contributed by atoms with E-state index in [2.05, 4.69) is 5.32 Å². The highest BCUT2D eigenvalue weighted by molar-refractivity contribution is 5.67. The van der Waals surface area contributed by atoms with E-state index in [9.17, 15) is 9.50 Å². The number of aliphatic hydroxyl groups is 1. The summed E-state index contributed by atoms with van der Waals surface area (Å²) in [4.78, 5) is 0. The van der Waals surface area contributed by atoms with Crippen LogP contribution in [-0.4, -0.2) is 17.3 Å². The van der Waals surface area contributed by atoms with Crippen LogP contribution in [0.25, 0.3) is 0 Å². The van der Waals surface area contributed by atoms with Crippen molar-refractivity contribution in [1.29, 1.82) is 0 Å². The molecule has 0 aromatic heterocycles. The van der Waals surface area contributed by atoms with Crippen molar-refractivity contribution in [3.8, 4) is 0 Å². The van der Waals surface area contributed by atoms with Crippen molar-refractivity contribution >= 4 is 11.4 Å². The van der Waals surface area contributed by atoms with Crippen LogP contribution in [0.2, 0.25) is 0 Å². The summed E-state index contributed by atoms with van der Waals surface area (Å²) in [5.41, 5.74) is 7.37. The maximum absolute atomic E-state index is 13.2. The average molecular weight is 226 g/mol. The van der Waals surface area contributed by atoms with Crippen LogP contribution < -0.4 is 11.1 Å². The molecule has 4 N–H and O–H groups in total. The van der Waals surface area contributed by atoms with Gasteiger partial charge in [0.2, 0.25) is 0 Å². The molecule has 0 bridgehead atoms. The van der Waals surface area contributed by atoms with Gasteiger partial charge in [0.05, 0.1) is 17.5 Å². The van der Waals surface area contributed by atoms with E-state index < -0.39 is 0 Å². The number of halogens is 1. The third-order valence-corrected chi connectivity index (χ3v) is 2.43. The molecule has 0 aliphatic carbocycles. The standard InChI is InChI=1S/C12H19FN2O/c1-7-4-12(11(14)6-10(7)13)15-8(2)5-9(3)16/h4,6,8-9,15-16H,5,14H2,1-3H3. The van der Waals surface area contributed by atoms with E-state index in [1.165, 1.54) is 6.07 Å². The van der Waals surface area contributed by atoms with Crippen molar-refractivity contribution in [2.75, 3.05) is 11.1 Å². The minimum Gasteiger partial charge on any atom is -0.397 e. The Balaban J connectivity index is 2.77. The lowest BCUT2D eigenvalue weighted by atomic mass is 10.1. The smallest absolute Gasteiger partial charge is 0.128 e. The molecule has 0 amide bonds. The molecule has 1 aromatic carbocycles. The molecule has 0 radical (unpaired) electrons. The number of aryl methyl sites for hydroxylation is 1. The highest BCUT2D eigenvalue weighted by Crippen LogP contribution is 2.23. The third-order valence-electron chi connectivity index (χ3n) is 2.43. The molecule has 2 atom stereocenters. The molecular formula is C12H19FN2O. The van der Waals surface area contributed by atoms with E-state index in [1.807, 2.05) is 6.92 Å². The maximum atomic E-state index is 13.2. The second kappa shape index (κ2) is 5.16. The van der Waals surface area contributed by atoms with Crippen molar-refractivity contribution < 1.29 is 9.50 Å². The highest BCUT2D eigenvalue weighted by atomic mass is 19.1. The van der Waals surface area contributed by atoms with Crippen LogP contribution in [0.5, 0.6) is 0 Å². The zero-order chi connectivity index (χ0) is 12.3. The van der Waals surface area contributed by atoms with Crippen molar-refractivity contribution in [3.05, 3.63) is 23.5 Å². The molecule has 0 aliphatic rings. The molecular weight excluding hydrogens is 207 g/mol. The van der Waals surface area contributed by atoms with Gasteiger partial charge in [-0.3, -0.25) is 0 Å². The number of anilines is 2. The number of nitrogen functional groups attached to an aromatic ring is 1. The molecule has 1 rings (SSSR count). The van der Waals surface area contributed by atoms with E-state index in [4.69, 9.17) is 5.73 Å². The molecule has 0 heterocycles. The first-order valence-corrected chi connectivity index (χ1v) is 5.40. The van der Waals surface area contributed by atoms with Crippen LogP contribution in [0.3, 0.4) is 0 Å². The van der Waals surface area contributed by atoms with Gasteiger partial charge >= 0.3 is 0 Å². The molecule has 2 unspecified atom stereocenters. The van der Waals surface area contributed by atoms with Crippen LogP contribution in [0.4, 0.5) is 15.8 Å². The Hall–Kier alpha value is -1.29. The lowest BCUT2D eigenvalue weighted by Crippen LogP contribution is -2.21. The summed E-state index contributed by atoms with van der Waals surface area (Å²) in [6, 6.07) is 3.09. The lowest BCUT2D eigenvalue weighted by Gasteiger charge is -2.18. The van der Waals surface area contributed by atoms with Gasteiger partial charge in [0.1, 0.15) is 5.82 Å². The fourth-order valence-electron chi connectivity index (χ4n) is 1.66. The second-order valence-electron chi connectivity index (χ2n) is 4.32. The van der Waals surface area contributed by atoms with Gasteiger partial charge < -0.3 is 16.2 Å². The quantitative estimate of drug-likeness (QED) is 0.690. The first kappa shape index (κ1) is 12.8. The second-order valence-corrected chi connectivity index (χ2v) is 4.32. The van der Waals surface area contributed by atoms with Gasteiger partial charge in [-0.2, -0.15) is 0 Å². The normalized spacial score (nSPS) is 14.6. The van der Waals surface area contributed by atoms with E-state index in [0.29, 0.717) is 23.4 Å². The summed E-state index contributed by atoms with van der Waals surface area (Å²) in [7, 11) is 0. The number of nitrogens with two attached hydrogens (primary N) is 1. The third kappa shape index (κ3) is 3.38. The van der Waals surface area contributed by atoms with E-state index in [0.717, 1.165) is 0 Å². The topological polar surface area (TPSA) is 58.3 Å². The van der Waals surface area contributed by atoms with Gasteiger partial charge in [-0.1, -0.05) is 0 Å². The van der Waals surface area contributed by atoms with Crippen LogP contribution in [0, 0.1) is 12.7 Å². The Morgan fingerprint density at radius 3 is 2.62 bits per heavy atom. The van der Waals surface area contributed by atoms with Crippen LogP contribution in [-0.2, 0) is 0 Å². The fourth-order valence-corrected chi connectivity index (χ4v) is 1.66. The van der Waals surface area contributed by atoms with Gasteiger partial charge in [-0.05, 0) is 44.9 Å². The van der Waals surface area contributed by atoms with Gasteiger partial charge in [0, 0.05) is 6.04 Å². The minimum atomic E-state index is -0.370. The van der Waals surface area contributed by atoms with E-state index in [1.54, 1.807) is 19.9 Å². The summed E-state index contributed by atoms with van der Waals surface area (Å²) in [5, 5.41) is 12.4. The highest BCUT2D eigenvalue weighted by Gasteiger charge is 2.09. The molecule has 4 heteroatoms. The van der Waals surface area contributed by atoms with Crippen LogP contribution >= 0.6 is 0 Å². The number of hydrogen-bond donors (Lipinski definition) is 3. The summed E-state index contributed by atoms with van der Waals surface area (Å²) in [5.74, 6) is -0.300. The molecule has 3 nitrogen and oxygen atoms in total. The number of benzene rings is 1. The van der Waals surface area contributed by atoms with E-state index >= 15 is 0 Å². The van der Waals surface area contributed by atoms with Crippen molar-refractivity contribution in [3.63, 3.8) is 0 Å². The fraction of sp³-hybridized carbons (Fsp3) is 0.500. The largest absolute Gasteiger partial charge is 0.397 e. The van der Waals surface area contributed by atoms with Crippen LogP contribution in [0.15, 0.2) is 12.1 Å². The number of rotatable bonds is 4. The van der Waals surface area contributed by atoms with Gasteiger partial charge in [0.25, 0.3) is 0 Å². The number of hydrogen-bond acceptors (Lipinski definition) is 3. The van der Waals surface area contributed by atoms with Crippen molar-refractivity contribution in [2.45, 2.75) is 39.3 Å². The Labute approximate surface area is 95.5 Å².